The summed E-state index contributed by atoms with van der Waals surface area (Å²) in [6, 6.07) is 9.31. The molecule has 4 aromatic rings. The molecule has 4 heterocycles. The van der Waals surface area contributed by atoms with Gasteiger partial charge in [0, 0.05) is 49.1 Å². The van der Waals surface area contributed by atoms with Crippen LogP contribution in [0.3, 0.4) is 0 Å². The Kier molecular flexibility index (Phi) is 5.59. The molecule has 0 spiro atoms. The first kappa shape index (κ1) is 22.3. The number of nitrogens with one attached hydrogen (secondary N) is 1. The Labute approximate surface area is 206 Å². The van der Waals surface area contributed by atoms with E-state index in [9.17, 15) is 9.59 Å². The minimum Gasteiger partial charge on any atom is -0.381 e. The predicted octanol–water partition coefficient (Wildman–Crippen LogP) is 4.07. The van der Waals surface area contributed by atoms with Gasteiger partial charge in [-0.25, -0.2) is 4.98 Å². The summed E-state index contributed by atoms with van der Waals surface area (Å²) >= 11 is 6.15. The van der Waals surface area contributed by atoms with Crippen molar-refractivity contribution in [3.63, 3.8) is 0 Å². The minimum absolute atomic E-state index is 0.128. The Hall–Kier alpha value is -3.20. The highest BCUT2D eigenvalue weighted by molar-refractivity contribution is 6.30. The van der Waals surface area contributed by atoms with Gasteiger partial charge in [0.15, 0.2) is 0 Å². The van der Waals surface area contributed by atoms with Crippen molar-refractivity contribution in [2.75, 3.05) is 31.8 Å². The van der Waals surface area contributed by atoms with Crippen molar-refractivity contribution in [2.45, 2.75) is 31.8 Å². The van der Waals surface area contributed by atoms with E-state index in [2.05, 4.69) is 9.97 Å². The number of methoxy groups -OCH3 is 1. The second-order valence-corrected chi connectivity index (χ2v) is 9.55. The number of halogens is 1. The van der Waals surface area contributed by atoms with E-state index in [1.165, 1.54) is 0 Å². The van der Waals surface area contributed by atoms with Gasteiger partial charge in [0.2, 0.25) is 0 Å². The molecule has 1 N–H and O–H groups in total. The van der Waals surface area contributed by atoms with Gasteiger partial charge in [0.05, 0.1) is 23.8 Å². The van der Waals surface area contributed by atoms with E-state index in [0.717, 1.165) is 47.4 Å². The molecule has 2 aromatic heterocycles. The molecule has 2 aromatic carbocycles. The summed E-state index contributed by atoms with van der Waals surface area (Å²) in [6.45, 7) is 2.19. The van der Waals surface area contributed by atoms with Crippen LogP contribution in [0, 0.1) is 0 Å². The van der Waals surface area contributed by atoms with E-state index in [4.69, 9.17) is 21.1 Å². The van der Waals surface area contributed by atoms with Gasteiger partial charge in [-0.2, -0.15) is 0 Å². The lowest BCUT2D eigenvalue weighted by molar-refractivity contribution is 0.0835. The van der Waals surface area contributed by atoms with Crippen molar-refractivity contribution in [1.29, 1.82) is 0 Å². The van der Waals surface area contributed by atoms with E-state index in [-0.39, 0.29) is 24.0 Å². The van der Waals surface area contributed by atoms with Gasteiger partial charge >= 0.3 is 0 Å². The standard InChI is InChI=1S/C26H25ClN4O4/c1-34-14-17-11-22-20(12-19(17)26(33)30-7-4-16-10-18(27)2-3-21(16)30)29-25(32)23-13-28-24(31(22)23)15-5-8-35-9-6-15/h2-3,10-13,15H,4-9,14H2,1H3,(H,29,32). The average molecular weight is 493 g/mol. The number of carbonyl (C=O) groups is 1. The minimum atomic E-state index is -0.234. The molecule has 8 nitrogen and oxygen atoms in total. The van der Waals surface area contributed by atoms with Crippen molar-refractivity contribution in [1.82, 2.24) is 14.4 Å². The van der Waals surface area contributed by atoms with Crippen LogP contribution in [-0.2, 0) is 22.5 Å². The smallest absolute Gasteiger partial charge is 0.274 e. The SMILES string of the molecule is COCc1cc2c(cc1C(=O)N1CCc3cc(Cl)ccc31)[nH]c(=O)c1cnc(C3CCOCC3)n12. The first-order chi connectivity index (χ1) is 17.0. The number of aromatic nitrogens is 3. The summed E-state index contributed by atoms with van der Waals surface area (Å²) in [5.74, 6) is 0.930. The highest BCUT2D eigenvalue weighted by Crippen LogP contribution is 2.33. The number of anilines is 1. The van der Waals surface area contributed by atoms with E-state index >= 15 is 0 Å². The summed E-state index contributed by atoms with van der Waals surface area (Å²) in [5, 5.41) is 0.658. The number of aromatic amines is 1. The van der Waals surface area contributed by atoms with Crippen LogP contribution in [0.15, 0.2) is 41.3 Å². The van der Waals surface area contributed by atoms with Crippen molar-refractivity contribution in [3.05, 3.63) is 74.4 Å². The second-order valence-electron chi connectivity index (χ2n) is 9.12. The molecule has 0 radical (unpaired) electrons. The van der Waals surface area contributed by atoms with E-state index in [0.29, 0.717) is 41.4 Å². The zero-order valence-electron chi connectivity index (χ0n) is 19.3. The fourth-order valence-electron chi connectivity index (χ4n) is 5.33. The van der Waals surface area contributed by atoms with Crippen molar-refractivity contribution >= 4 is 39.7 Å². The number of nitrogens with zero attached hydrogens (tertiary/aromatic N) is 3. The number of fused-ring (bicyclic) bond motifs is 4. The van der Waals surface area contributed by atoms with Gasteiger partial charge in [-0.15, -0.1) is 0 Å². The zero-order chi connectivity index (χ0) is 24.1. The van der Waals surface area contributed by atoms with E-state index < -0.39 is 0 Å². The van der Waals surface area contributed by atoms with Gasteiger partial charge in [-0.1, -0.05) is 11.6 Å². The van der Waals surface area contributed by atoms with Crippen LogP contribution in [0.4, 0.5) is 5.69 Å². The molecule has 180 valence electrons. The highest BCUT2D eigenvalue weighted by Gasteiger charge is 2.28. The maximum Gasteiger partial charge on any atom is 0.274 e. The van der Waals surface area contributed by atoms with Crippen LogP contribution in [0.1, 0.15) is 46.1 Å². The third kappa shape index (κ3) is 3.73. The Bertz CT molecular complexity index is 1520. The number of amides is 1. The number of hydrogen-bond donors (Lipinski definition) is 1. The summed E-state index contributed by atoms with van der Waals surface area (Å²) in [6.07, 6.45) is 4.08. The van der Waals surface area contributed by atoms with Gasteiger partial charge in [-0.05, 0) is 60.7 Å². The van der Waals surface area contributed by atoms with Gasteiger partial charge < -0.3 is 19.4 Å². The number of benzene rings is 2. The molecule has 0 unspecified atom stereocenters. The maximum absolute atomic E-state index is 13.8. The largest absolute Gasteiger partial charge is 0.381 e. The molecular formula is C26H25ClN4O4. The quantitative estimate of drug-likeness (QED) is 0.464. The average Bonchev–Trinajstić information content (AvgIpc) is 3.49. The Balaban J connectivity index is 1.51. The van der Waals surface area contributed by atoms with Crippen molar-refractivity contribution in [3.8, 4) is 0 Å². The lowest BCUT2D eigenvalue weighted by Crippen LogP contribution is -2.30. The molecule has 0 aliphatic carbocycles. The third-order valence-electron chi connectivity index (χ3n) is 7.03. The summed E-state index contributed by atoms with van der Waals surface area (Å²) < 4.78 is 12.9. The van der Waals surface area contributed by atoms with Crippen LogP contribution in [0.5, 0.6) is 0 Å². The van der Waals surface area contributed by atoms with Crippen LogP contribution in [-0.4, -0.2) is 47.1 Å². The fraction of sp³-hybridized carbons (Fsp3) is 0.346. The molecule has 1 fully saturated rings. The van der Waals surface area contributed by atoms with E-state index in [1.54, 1.807) is 30.3 Å². The summed E-state index contributed by atoms with van der Waals surface area (Å²) in [7, 11) is 1.61. The van der Waals surface area contributed by atoms with Crippen LogP contribution in [0.2, 0.25) is 5.02 Å². The molecule has 2 aliphatic heterocycles. The lowest BCUT2D eigenvalue weighted by atomic mass is 9.99. The molecular weight excluding hydrogens is 468 g/mol. The Morgan fingerprint density at radius 3 is 2.86 bits per heavy atom. The van der Waals surface area contributed by atoms with Crippen LogP contribution < -0.4 is 10.5 Å². The highest BCUT2D eigenvalue weighted by atomic mass is 35.5. The zero-order valence-corrected chi connectivity index (χ0v) is 20.1. The second kappa shape index (κ2) is 8.78. The molecule has 9 heteroatoms. The van der Waals surface area contributed by atoms with Crippen molar-refractivity contribution < 1.29 is 14.3 Å². The predicted molar refractivity (Wildman–Crippen MR) is 134 cm³/mol. The molecule has 6 rings (SSSR count). The molecule has 0 saturated carbocycles. The molecule has 1 amide bonds. The Morgan fingerprint density at radius 1 is 1.23 bits per heavy atom. The summed E-state index contributed by atoms with van der Waals surface area (Å²) in [5.41, 5.74) is 4.83. The molecule has 2 aliphatic rings. The monoisotopic (exact) mass is 492 g/mol. The number of H-pyrrole nitrogens is 1. The third-order valence-corrected chi connectivity index (χ3v) is 7.27. The van der Waals surface area contributed by atoms with Crippen LogP contribution in [0.25, 0.3) is 16.6 Å². The van der Waals surface area contributed by atoms with Gasteiger partial charge in [-0.3, -0.25) is 14.0 Å². The molecule has 1 saturated heterocycles. The van der Waals surface area contributed by atoms with E-state index in [1.807, 2.05) is 22.6 Å². The lowest BCUT2D eigenvalue weighted by Gasteiger charge is -2.22. The molecule has 0 atom stereocenters. The number of carbonyl (C=O) groups excluding carboxylic acids is 1. The van der Waals surface area contributed by atoms with Crippen molar-refractivity contribution in [2.24, 2.45) is 0 Å². The van der Waals surface area contributed by atoms with Gasteiger partial charge in [0.1, 0.15) is 11.3 Å². The maximum atomic E-state index is 13.8. The summed E-state index contributed by atoms with van der Waals surface area (Å²) in [4.78, 5) is 36.1. The topological polar surface area (TPSA) is 88.9 Å². The first-order valence-electron chi connectivity index (χ1n) is 11.8. The number of imidazole rings is 1. The number of rotatable bonds is 4. The Morgan fingerprint density at radius 2 is 2.06 bits per heavy atom. The molecule has 0 bridgehead atoms. The fourth-order valence-corrected chi connectivity index (χ4v) is 5.52. The normalized spacial score (nSPS) is 16.3. The first-order valence-corrected chi connectivity index (χ1v) is 12.2. The van der Waals surface area contributed by atoms with Crippen LogP contribution >= 0.6 is 11.6 Å². The number of ether oxygens (including phenoxy) is 2. The number of hydrogen-bond acceptors (Lipinski definition) is 5. The molecule has 35 heavy (non-hydrogen) atoms. The van der Waals surface area contributed by atoms with Gasteiger partial charge in [0.25, 0.3) is 11.5 Å².